The number of hydrogen-bond donors (Lipinski definition) is 2. The molecular formula is C19H20N4O2. The maximum Gasteiger partial charge on any atom is 0.248 e. The fourth-order valence-corrected chi connectivity index (χ4v) is 2.39. The van der Waals surface area contributed by atoms with E-state index < -0.39 is 5.91 Å². The Morgan fingerprint density at radius 3 is 2.40 bits per heavy atom. The second kappa shape index (κ2) is 7.17. The Labute approximate surface area is 146 Å². The van der Waals surface area contributed by atoms with Gasteiger partial charge in [0.2, 0.25) is 17.6 Å². The molecule has 25 heavy (non-hydrogen) atoms. The molecule has 0 aliphatic carbocycles. The number of primary amides is 1. The van der Waals surface area contributed by atoms with Crippen LogP contribution >= 0.6 is 0 Å². The minimum atomic E-state index is -0.448. The van der Waals surface area contributed by atoms with Crippen LogP contribution in [0.25, 0.3) is 11.4 Å². The fourth-order valence-electron chi connectivity index (χ4n) is 2.39. The molecule has 3 N–H and O–H groups in total. The molecule has 0 bridgehead atoms. The second-order valence-electron chi connectivity index (χ2n) is 6.08. The highest BCUT2D eigenvalue weighted by Gasteiger charge is 2.09. The molecule has 0 saturated carbocycles. The summed E-state index contributed by atoms with van der Waals surface area (Å²) in [6, 6.07) is 15.0. The van der Waals surface area contributed by atoms with E-state index in [1.54, 1.807) is 24.3 Å². The van der Waals surface area contributed by atoms with Gasteiger partial charge in [0.25, 0.3) is 0 Å². The van der Waals surface area contributed by atoms with Crippen LogP contribution in [0, 0.1) is 0 Å². The molecule has 0 radical (unpaired) electrons. The van der Waals surface area contributed by atoms with Gasteiger partial charge in [0, 0.05) is 16.8 Å². The molecule has 0 aliphatic heterocycles. The van der Waals surface area contributed by atoms with Gasteiger partial charge in [0.05, 0.1) is 6.54 Å². The van der Waals surface area contributed by atoms with E-state index in [1.807, 2.05) is 12.1 Å². The first-order valence-corrected chi connectivity index (χ1v) is 8.09. The molecule has 0 unspecified atom stereocenters. The highest BCUT2D eigenvalue weighted by Crippen LogP contribution is 2.20. The van der Waals surface area contributed by atoms with Gasteiger partial charge in [-0.15, -0.1) is 0 Å². The number of carbonyl (C=O) groups excluding carboxylic acids is 1. The van der Waals surface area contributed by atoms with Crippen molar-refractivity contribution < 1.29 is 9.32 Å². The molecule has 0 spiro atoms. The summed E-state index contributed by atoms with van der Waals surface area (Å²) in [6.45, 7) is 4.71. The van der Waals surface area contributed by atoms with Gasteiger partial charge in [0.15, 0.2) is 0 Å². The predicted octanol–water partition coefficient (Wildman–Crippen LogP) is 3.57. The van der Waals surface area contributed by atoms with Gasteiger partial charge in [-0.05, 0) is 35.7 Å². The van der Waals surface area contributed by atoms with Crippen molar-refractivity contribution >= 4 is 11.6 Å². The zero-order valence-corrected chi connectivity index (χ0v) is 14.2. The summed E-state index contributed by atoms with van der Waals surface area (Å²) in [5, 5.41) is 7.19. The number of amides is 1. The summed E-state index contributed by atoms with van der Waals surface area (Å²) in [4.78, 5) is 15.5. The van der Waals surface area contributed by atoms with Crippen LogP contribution < -0.4 is 11.1 Å². The van der Waals surface area contributed by atoms with Crippen LogP contribution in [0.15, 0.2) is 53.1 Å². The number of benzene rings is 2. The smallest absolute Gasteiger partial charge is 0.248 e. The number of anilines is 1. The minimum Gasteiger partial charge on any atom is -0.376 e. The van der Waals surface area contributed by atoms with Crippen molar-refractivity contribution in [2.75, 3.05) is 5.32 Å². The van der Waals surface area contributed by atoms with Crippen LogP contribution in [0.4, 0.5) is 5.69 Å². The van der Waals surface area contributed by atoms with Crippen molar-refractivity contribution in [1.29, 1.82) is 0 Å². The standard InChI is InChI=1S/C19H20N4O2/c1-12(2)13-3-5-15(6-4-13)19-22-17(25-23-19)11-21-16-9-7-14(8-10-16)18(20)24/h3-10,12,21H,11H2,1-2H3,(H2,20,24). The van der Waals surface area contributed by atoms with Gasteiger partial charge in [-0.1, -0.05) is 43.3 Å². The maximum absolute atomic E-state index is 11.1. The van der Waals surface area contributed by atoms with Crippen LogP contribution in [-0.4, -0.2) is 16.0 Å². The fraction of sp³-hybridized carbons (Fsp3) is 0.211. The molecule has 0 fully saturated rings. The number of nitrogens with two attached hydrogens (primary N) is 1. The average molecular weight is 336 g/mol. The molecule has 128 valence electrons. The first-order chi connectivity index (χ1) is 12.0. The first kappa shape index (κ1) is 16.7. The molecule has 6 nitrogen and oxygen atoms in total. The van der Waals surface area contributed by atoms with Crippen molar-refractivity contribution in [2.24, 2.45) is 5.73 Å². The molecule has 0 atom stereocenters. The van der Waals surface area contributed by atoms with E-state index in [0.717, 1.165) is 11.3 Å². The molecule has 1 heterocycles. The van der Waals surface area contributed by atoms with Gasteiger partial charge in [-0.25, -0.2) is 0 Å². The lowest BCUT2D eigenvalue weighted by Gasteiger charge is -2.04. The Bertz CT molecular complexity index is 852. The van der Waals surface area contributed by atoms with Crippen molar-refractivity contribution in [1.82, 2.24) is 10.1 Å². The normalized spacial score (nSPS) is 10.8. The quantitative estimate of drug-likeness (QED) is 0.717. The maximum atomic E-state index is 11.1. The first-order valence-electron chi connectivity index (χ1n) is 8.09. The van der Waals surface area contributed by atoms with E-state index >= 15 is 0 Å². The Hall–Kier alpha value is -3.15. The Kier molecular flexibility index (Phi) is 4.79. The summed E-state index contributed by atoms with van der Waals surface area (Å²) < 4.78 is 5.28. The summed E-state index contributed by atoms with van der Waals surface area (Å²) in [5.74, 6) is 1.09. The number of rotatable bonds is 6. The van der Waals surface area contributed by atoms with Crippen molar-refractivity contribution in [3.05, 3.63) is 65.5 Å². The van der Waals surface area contributed by atoms with E-state index in [0.29, 0.717) is 29.7 Å². The van der Waals surface area contributed by atoms with Crippen LogP contribution in [0.3, 0.4) is 0 Å². The van der Waals surface area contributed by atoms with Crippen LogP contribution in [0.5, 0.6) is 0 Å². The van der Waals surface area contributed by atoms with Crippen LogP contribution in [0.2, 0.25) is 0 Å². The number of aromatic nitrogens is 2. The lowest BCUT2D eigenvalue weighted by molar-refractivity contribution is 0.100. The lowest BCUT2D eigenvalue weighted by Crippen LogP contribution is -2.10. The molecule has 3 aromatic rings. The highest BCUT2D eigenvalue weighted by molar-refractivity contribution is 5.93. The molecule has 6 heteroatoms. The zero-order chi connectivity index (χ0) is 17.8. The minimum absolute atomic E-state index is 0.396. The lowest BCUT2D eigenvalue weighted by atomic mass is 10.0. The molecule has 1 amide bonds. The van der Waals surface area contributed by atoms with Gasteiger partial charge in [-0.2, -0.15) is 4.98 Å². The predicted molar refractivity (Wildman–Crippen MR) is 96.1 cm³/mol. The topological polar surface area (TPSA) is 94.0 Å². The number of carbonyl (C=O) groups is 1. The molecule has 0 saturated heterocycles. The third kappa shape index (κ3) is 4.03. The third-order valence-corrected chi connectivity index (χ3v) is 3.92. The van der Waals surface area contributed by atoms with Gasteiger partial charge >= 0.3 is 0 Å². The molecule has 0 aliphatic rings. The molecular weight excluding hydrogens is 316 g/mol. The van der Waals surface area contributed by atoms with Crippen molar-refractivity contribution in [3.8, 4) is 11.4 Å². The Balaban J connectivity index is 1.64. The summed E-state index contributed by atoms with van der Waals surface area (Å²) in [5.41, 5.74) is 8.72. The van der Waals surface area contributed by atoms with E-state index in [2.05, 4.69) is 41.4 Å². The van der Waals surface area contributed by atoms with E-state index in [4.69, 9.17) is 10.3 Å². The number of nitrogens with one attached hydrogen (secondary N) is 1. The van der Waals surface area contributed by atoms with Gasteiger partial charge in [0.1, 0.15) is 0 Å². The zero-order valence-electron chi connectivity index (χ0n) is 14.2. The molecule has 1 aromatic heterocycles. The Morgan fingerprint density at radius 2 is 1.80 bits per heavy atom. The summed E-state index contributed by atoms with van der Waals surface area (Å²) in [7, 11) is 0. The number of nitrogens with zero attached hydrogens (tertiary/aromatic N) is 2. The van der Waals surface area contributed by atoms with E-state index in [1.165, 1.54) is 5.56 Å². The van der Waals surface area contributed by atoms with E-state index in [-0.39, 0.29) is 0 Å². The van der Waals surface area contributed by atoms with Crippen LogP contribution in [-0.2, 0) is 6.54 Å². The SMILES string of the molecule is CC(C)c1ccc(-c2noc(CNc3ccc(C(N)=O)cc3)n2)cc1. The van der Waals surface area contributed by atoms with Crippen molar-refractivity contribution in [3.63, 3.8) is 0 Å². The second-order valence-corrected chi connectivity index (χ2v) is 6.08. The van der Waals surface area contributed by atoms with E-state index in [9.17, 15) is 4.79 Å². The monoisotopic (exact) mass is 336 g/mol. The summed E-state index contributed by atoms with van der Waals surface area (Å²) >= 11 is 0. The van der Waals surface area contributed by atoms with Gasteiger partial charge in [-0.3, -0.25) is 4.79 Å². The highest BCUT2D eigenvalue weighted by atomic mass is 16.5. The van der Waals surface area contributed by atoms with Crippen molar-refractivity contribution in [2.45, 2.75) is 26.3 Å². The molecule has 3 rings (SSSR count). The largest absolute Gasteiger partial charge is 0.376 e. The van der Waals surface area contributed by atoms with Crippen LogP contribution in [0.1, 0.15) is 41.6 Å². The van der Waals surface area contributed by atoms with Gasteiger partial charge < -0.3 is 15.6 Å². The summed E-state index contributed by atoms with van der Waals surface area (Å²) in [6.07, 6.45) is 0. The number of hydrogen-bond acceptors (Lipinski definition) is 5. The molecule has 2 aromatic carbocycles. The third-order valence-electron chi connectivity index (χ3n) is 3.92. The Morgan fingerprint density at radius 1 is 1.12 bits per heavy atom. The average Bonchev–Trinajstić information content (AvgIpc) is 3.09.